The first-order chi connectivity index (χ1) is 8.25. The van der Waals surface area contributed by atoms with Gasteiger partial charge in [-0.1, -0.05) is 30.3 Å². The quantitative estimate of drug-likeness (QED) is 0.514. The van der Waals surface area contributed by atoms with Crippen molar-refractivity contribution >= 4 is 11.1 Å². The van der Waals surface area contributed by atoms with Gasteiger partial charge in [-0.2, -0.15) is 0 Å². The fourth-order valence-electron chi connectivity index (χ4n) is 1.29. The fraction of sp³-hybridized carbons (Fsp3) is 0.0833. The van der Waals surface area contributed by atoms with Crippen molar-refractivity contribution in [2.45, 2.75) is 11.6 Å². The van der Waals surface area contributed by atoms with Gasteiger partial charge in [0, 0.05) is 0 Å². The van der Waals surface area contributed by atoms with Crippen LogP contribution in [0.3, 0.4) is 0 Å². The molecule has 0 amide bonds. The first kappa shape index (κ1) is 14.9. The van der Waals surface area contributed by atoms with Gasteiger partial charge in [0.25, 0.3) is 0 Å². The Hall–Kier alpha value is -1.12. The molecule has 1 aromatic heterocycles. The number of aromatic nitrogens is 1. The number of hydrogen-bond acceptors (Lipinski definition) is 4. The maximum absolute atomic E-state index is 10.6. The van der Waals surface area contributed by atoms with Crippen LogP contribution in [0.2, 0.25) is 0 Å². The van der Waals surface area contributed by atoms with Gasteiger partial charge in [0.15, 0.2) is 0 Å². The molecule has 2 rings (SSSR count). The van der Waals surface area contributed by atoms with Crippen LogP contribution in [0.4, 0.5) is 0 Å². The summed E-state index contributed by atoms with van der Waals surface area (Å²) in [6.45, 7) is 0.433. The molecule has 2 aromatic rings. The molecule has 0 radical (unpaired) electrons. The predicted octanol–water partition coefficient (Wildman–Crippen LogP) is -1.10. The van der Waals surface area contributed by atoms with Crippen molar-refractivity contribution in [2.24, 2.45) is 0 Å². The normalized spacial score (nSPS) is 11.4. The van der Waals surface area contributed by atoms with Gasteiger partial charge >= 0.3 is 18.9 Å². The molecule has 1 heterocycles. The van der Waals surface area contributed by atoms with E-state index in [2.05, 4.69) is 4.98 Å². The van der Waals surface area contributed by atoms with Crippen molar-refractivity contribution < 1.29 is 32.4 Å². The van der Waals surface area contributed by atoms with E-state index in [0.717, 1.165) is 5.56 Å². The molecule has 88 valence electrons. The Bertz CT molecular complexity index is 504. The third kappa shape index (κ3) is 4.28. The molecule has 6 heteroatoms. The van der Waals surface area contributed by atoms with Crippen LogP contribution >= 0.6 is 0 Å². The predicted molar refractivity (Wildman–Crippen MR) is 62.2 cm³/mol. The zero-order chi connectivity index (χ0) is 12.1. The summed E-state index contributed by atoms with van der Waals surface area (Å²) in [5, 5.41) is 0.0112. The fourth-order valence-corrected chi connectivity index (χ4v) is 1.61. The minimum Gasteiger partial charge on any atom is -0.767 e. The molecule has 0 fully saturated rings. The number of pyridine rings is 1. The SMILES string of the molecule is O=S([O-])c1ccc(OCc2ccccc2)cn1.[Li+]. The van der Waals surface area contributed by atoms with Crippen LogP contribution in [0.25, 0.3) is 0 Å². The Kier molecular flexibility index (Phi) is 6.09. The van der Waals surface area contributed by atoms with Crippen molar-refractivity contribution in [3.63, 3.8) is 0 Å². The molecule has 0 saturated carbocycles. The topological polar surface area (TPSA) is 62.2 Å². The molecular weight excluding hydrogens is 245 g/mol. The summed E-state index contributed by atoms with van der Waals surface area (Å²) < 4.78 is 26.6. The van der Waals surface area contributed by atoms with Gasteiger partial charge in [-0.05, 0) is 28.8 Å². The van der Waals surface area contributed by atoms with E-state index < -0.39 is 11.1 Å². The molecule has 18 heavy (non-hydrogen) atoms. The third-order valence-corrected chi connectivity index (χ3v) is 2.71. The van der Waals surface area contributed by atoms with E-state index in [4.69, 9.17) is 4.74 Å². The number of ether oxygens (including phenoxy) is 1. The second-order valence-electron chi connectivity index (χ2n) is 3.34. The summed E-state index contributed by atoms with van der Waals surface area (Å²) in [6.07, 6.45) is 1.40. The minimum atomic E-state index is -2.29. The van der Waals surface area contributed by atoms with E-state index in [1.54, 1.807) is 6.07 Å². The molecule has 0 aliphatic rings. The number of hydrogen-bond donors (Lipinski definition) is 0. The van der Waals surface area contributed by atoms with E-state index in [9.17, 15) is 8.76 Å². The van der Waals surface area contributed by atoms with Crippen LogP contribution < -0.4 is 23.6 Å². The van der Waals surface area contributed by atoms with Gasteiger partial charge in [0.2, 0.25) is 0 Å². The maximum atomic E-state index is 10.6. The molecular formula is C12H10LiNO3S. The summed E-state index contributed by atoms with van der Waals surface area (Å²) in [5.74, 6) is 0.544. The average Bonchev–Trinajstić information content (AvgIpc) is 2.38. The maximum Gasteiger partial charge on any atom is 1.00 e. The molecule has 0 aliphatic heterocycles. The van der Waals surface area contributed by atoms with E-state index in [0.29, 0.717) is 12.4 Å². The summed E-state index contributed by atoms with van der Waals surface area (Å²) >= 11 is -2.29. The molecule has 0 aliphatic carbocycles. The van der Waals surface area contributed by atoms with Gasteiger partial charge < -0.3 is 9.29 Å². The zero-order valence-corrected chi connectivity index (χ0v) is 10.7. The number of rotatable bonds is 4. The Morgan fingerprint density at radius 2 is 1.89 bits per heavy atom. The van der Waals surface area contributed by atoms with Gasteiger partial charge in [-0.25, -0.2) is 4.98 Å². The van der Waals surface area contributed by atoms with Gasteiger partial charge in [-0.3, -0.25) is 4.21 Å². The average molecular weight is 255 g/mol. The van der Waals surface area contributed by atoms with Crippen molar-refractivity contribution in [1.29, 1.82) is 0 Å². The molecule has 4 nitrogen and oxygen atoms in total. The molecule has 0 bridgehead atoms. The summed E-state index contributed by atoms with van der Waals surface area (Å²) in [4.78, 5) is 3.75. The third-order valence-electron chi connectivity index (χ3n) is 2.13. The smallest absolute Gasteiger partial charge is 0.767 e. The first-order valence-corrected chi connectivity index (χ1v) is 6.05. The number of benzene rings is 1. The summed E-state index contributed by atoms with van der Waals surface area (Å²) in [7, 11) is 0. The van der Waals surface area contributed by atoms with Crippen molar-refractivity contribution in [2.75, 3.05) is 0 Å². The molecule has 1 aromatic carbocycles. The van der Waals surface area contributed by atoms with E-state index in [1.807, 2.05) is 30.3 Å². The molecule has 1 unspecified atom stereocenters. The second-order valence-corrected chi connectivity index (χ2v) is 4.23. The van der Waals surface area contributed by atoms with Crippen LogP contribution in [-0.2, 0) is 17.7 Å². The zero-order valence-electron chi connectivity index (χ0n) is 9.91. The van der Waals surface area contributed by atoms with Crippen LogP contribution in [0.15, 0.2) is 53.7 Å². The monoisotopic (exact) mass is 255 g/mol. The van der Waals surface area contributed by atoms with E-state index in [-0.39, 0.29) is 23.9 Å². The van der Waals surface area contributed by atoms with Crippen LogP contribution in [0, 0.1) is 0 Å². The van der Waals surface area contributed by atoms with Crippen molar-refractivity contribution in [1.82, 2.24) is 4.98 Å². The standard InChI is InChI=1S/C12H11NO3S.Li/c14-17(15)12-7-6-11(8-13-12)16-9-10-4-2-1-3-5-10;/h1-8H,9H2,(H,14,15);/q;+1/p-1. The van der Waals surface area contributed by atoms with E-state index >= 15 is 0 Å². The van der Waals surface area contributed by atoms with Crippen molar-refractivity contribution in [3.05, 3.63) is 54.2 Å². The molecule has 0 saturated heterocycles. The van der Waals surface area contributed by atoms with Crippen molar-refractivity contribution in [3.8, 4) is 5.75 Å². The Morgan fingerprint density at radius 1 is 1.17 bits per heavy atom. The van der Waals surface area contributed by atoms with Crippen LogP contribution in [0.1, 0.15) is 5.56 Å². The molecule has 0 spiro atoms. The van der Waals surface area contributed by atoms with Gasteiger partial charge in [-0.15, -0.1) is 0 Å². The second kappa shape index (κ2) is 7.34. The van der Waals surface area contributed by atoms with E-state index in [1.165, 1.54) is 12.3 Å². The Balaban J connectivity index is 0.00000162. The van der Waals surface area contributed by atoms with Crippen LogP contribution in [-0.4, -0.2) is 13.7 Å². The molecule has 1 atom stereocenters. The first-order valence-electron chi connectivity index (χ1n) is 4.98. The Morgan fingerprint density at radius 3 is 2.44 bits per heavy atom. The summed E-state index contributed by atoms with van der Waals surface area (Å²) in [6, 6.07) is 12.7. The van der Waals surface area contributed by atoms with Crippen LogP contribution in [0.5, 0.6) is 5.75 Å². The van der Waals surface area contributed by atoms with Gasteiger partial charge in [0.1, 0.15) is 17.4 Å². The number of nitrogens with zero attached hydrogens (tertiary/aromatic N) is 1. The van der Waals surface area contributed by atoms with Gasteiger partial charge in [0.05, 0.1) is 6.20 Å². The molecule has 0 N–H and O–H groups in total. The summed E-state index contributed by atoms with van der Waals surface area (Å²) in [5.41, 5.74) is 1.05. The minimum absolute atomic E-state index is 0. The Labute approximate surface area is 120 Å². The largest absolute Gasteiger partial charge is 1.00 e.